The van der Waals surface area contributed by atoms with Crippen molar-refractivity contribution in [3.8, 4) is 11.5 Å². The van der Waals surface area contributed by atoms with Crippen molar-refractivity contribution in [1.82, 2.24) is 15.5 Å². The van der Waals surface area contributed by atoms with Crippen LogP contribution in [0.1, 0.15) is 44.0 Å². The fourth-order valence-corrected chi connectivity index (χ4v) is 4.38. The molecule has 0 radical (unpaired) electrons. The predicted molar refractivity (Wildman–Crippen MR) is 131 cm³/mol. The van der Waals surface area contributed by atoms with Crippen molar-refractivity contribution in [3.63, 3.8) is 0 Å². The van der Waals surface area contributed by atoms with Gasteiger partial charge in [0.05, 0.1) is 24.3 Å². The molecule has 0 aliphatic carbocycles. The second kappa shape index (κ2) is 9.50. The number of nitrogens with zero attached hydrogens (tertiary/aromatic N) is 1. The van der Waals surface area contributed by atoms with Crippen molar-refractivity contribution < 1.29 is 28.0 Å². The van der Waals surface area contributed by atoms with E-state index < -0.39 is 18.3 Å². The number of furan rings is 1. The van der Waals surface area contributed by atoms with Gasteiger partial charge in [-0.25, -0.2) is 0 Å². The molecule has 1 unspecified atom stereocenters. The second-order valence-electron chi connectivity index (χ2n) is 10.3. The number of hydrogen-bond acceptors (Lipinski definition) is 8. The zero-order valence-electron chi connectivity index (χ0n) is 20.9. The molecule has 10 heteroatoms. The Hall–Kier alpha value is -2.53. The number of fused-ring (bicyclic) bond motifs is 1. The summed E-state index contributed by atoms with van der Waals surface area (Å²) in [6, 6.07) is 9.27. The summed E-state index contributed by atoms with van der Waals surface area (Å²) >= 11 is 0. The highest BCUT2D eigenvalue weighted by molar-refractivity contribution is 6.63. The van der Waals surface area contributed by atoms with E-state index in [1.54, 1.807) is 6.07 Å². The molecule has 0 spiro atoms. The first-order chi connectivity index (χ1) is 16.7. The normalized spacial score (nSPS) is 23.3. The lowest BCUT2D eigenvalue weighted by molar-refractivity contribution is 0.00578. The number of rotatable bonds is 6. The number of hydrogen-bond donors (Lipinski definition) is 2. The standard InChI is InChI=1S/C25H34BN3O6/c1-24(2)25(3,4)35-26(34-24)19-6-5-7-20-22(19)33-18(16-31-20)14-28-23(30)21-9-8-17(32-21)15-29-12-10-27-11-13-29/h5-9,18,27H,10-16H2,1-4H3,(H,28,30). The minimum absolute atomic E-state index is 0.273. The molecule has 2 aromatic rings. The summed E-state index contributed by atoms with van der Waals surface area (Å²) in [6.07, 6.45) is -0.356. The van der Waals surface area contributed by atoms with Crippen LogP contribution in [0.4, 0.5) is 0 Å². The minimum Gasteiger partial charge on any atom is -0.486 e. The molecule has 3 aliphatic heterocycles. The molecule has 9 nitrogen and oxygen atoms in total. The number of piperazine rings is 1. The van der Waals surface area contributed by atoms with Crippen molar-refractivity contribution in [3.05, 3.63) is 41.9 Å². The minimum atomic E-state index is -0.566. The van der Waals surface area contributed by atoms with Crippen molar-refractivity contribution in [2.24, 2.45) is 0 Å². The van der Waals surface area contributed by atoms with Gasteiger partial charge >= 0.3 is 7.12 Å². The van der Waals surface area contributed by atoms with Gasteiger partial charge in [0.15, 0.2) is 17.3 Å². The maximum absolute atomic E-state index is 12.7. The van der Waals surface area contributed by atoms with E-state index in [2.05, 4.69) is 15.5 Å². The summed E-state index contributed by atoms with van der Waals surface area (Å²) in [5, 5.41) is 6.24. The topological polar surface area (TPSA) is 94.4 Å². The van der Waals surface area contributed by atoms with Crippen LogP contribution in [0.15, 0.2) is 34.7 Å². The van der Waals surface area contributed by atoms with Crippen molar-refractivity contribution in [2.45, 2.75) is 51.5 Å². The summed E-state index contributed by atoms with van der Waals surface area (Å²) in [6.45, 7) is 13.2. The van der Waals surface area contributed by atoms with Gasteiger partial charge in [-0.1, -0.05) is 12.1 Å². The van der Waals surface area contributed by atoms with Crippen LogP contribution >= 0.6 is 0 Å². The molecule has 1 amide bonds. The molecular formula is C25H34BN3O6. The molecule has 2 N–H and O–H groups in total. The molecule has 0 bridgehead atoms. The van der Waals surface area contributed by atoms with Crippen molar-refractivity contribution in [2.75, 3.05) is 39.3 Å². The number of benzene rings is 1. The second-order valence-corrected chi connectivity index (χ2v) is 10.3. The molecule has 5 rings (SSSR count). The van der Waals surface area contributed by atoms with Gasteiger partial charge in [0.1, 0.15) is 18.5 Å². The monoisotopic (exact) mass is 483 g/mol. The summed E-state index contributed by atoms with van der Waals surface area (Å²) in [4.78, 5) is 15.0. The number of ether oxygens (including phenoxy) is 2. The number of carbonyl (C=O) groups is 1. The van der Waals surface area contributed by atoms with Crippen LogP contribution in [0.2, 0.25) is 0 Å². The van der Waals surface area contributed by atoms with Gasteiger partial charge in [0.2, 0.25) is 0 Å². The number of amides is 1. The SMILES string of the molecule is CC1(C)OB(c2cccc3c2OC(CNC(=O)c2ccc(CN4CCNCC4)o2)CO3)OC1(C)C. The van der Waals surface area contributed by atoms with Crippen molar-refractivity contribution in [1.29, 1.82) is 0 Å². The Morgan fingerprint density at radius 1 is 1.11 bits per heavy atom. The smallest absolute Gasteiger partial charge is 0.486 e. The average molecular weight is 483 g/mol. The van der Waals surface area contributed by atoms with Crippen LogP contribution in [0, 0.1) is 0 Å². The van der Waals surface area contributed by atoms with Crippen LogP contribution in [-0.2, 0) is 15.9 Å². The fraction of sp³-hybridized carbons (Fsp3) is 0.560. The third-order valence-electron chi connectivity index (χ3n) is 7.19. The lowest BCUT2D eigenvalue weighted by atomic mass is 9.78. The highest BCUT2D eigenvalue weighted by atomic mass is 16.7. The average Bonchev–Trinajstić information content (AvgIpc) is 3.38. The van der Waals surface area contributed by atoms with Crippen LogP contribution in [0.3, 0.4) is 0 Å². The zero-order chi connectivity index (χ0) is 24.6. The van der Waals surface area contributed by atoms with E-state index in [-0.39, 0.29) is 18.6 Å². The molecular weight excluding hydrogens is 449 g/mol. The molecule has 2 saturated heterocycles. The maximum atomic E-state index is 12.7. The highest BCUT2D eigenvalue weighted by Crippen LogP contribution is 2.39. The molecule has 0 saturated carbocycles. The lowest BCUT2D eigenvalue weighted by Crippen LogP contribution is -2.44. The van der Waals surface area contributed by atoms with Gasteiger partial charge in [-0.2, -0.15) is 0 Å². The molecule has 2 fully saturated rings. The quantitative estimate of drug-likeness (QED) is 0.598. The van der Waals surface area contributed by atoms with Crippen LogP contribution in [-0.4, -0.2) is 74.6 Å². The van der Waals surface area contributed by atoms with Gasteiger partial charge in [-0.15, -0.1) is 0 Å². The zero-order valence-corrected chi connectivity index (χ0v) is 20.9. The predicted octanol–water partition coefficient (Wildman–Crippen LogP) is 1.55. The third-order valence-corrected chi connectivity index (χ3v) is 7.19. The number of para-hydroxylation sites is 1. The molecule has 1 aromatic carbocycles. The van der Waals surface area contributed by atoms with Gasteiger partial charge < -0.3 is 33.8 Å². The Morgan fingerprint density at radius 2 is 1.86 bits per heavy atom. The maximum Gasteiger partial charge on any atom is 0.498 e. The lowest BCUT2D eigenvalue weighted by Gasteiger charge is -2.32. The van der Waals surface area contributed by atoms with E-state index in [0.717, 1.165) is 37.4 Å². The van der Waals surface area contributed by atoms with Crippen LogP contribution in [0.5, 0.6) is 11.5 Å². The highest BCUT2D eigenvalue weighted by Gasteiger charge is 2.53. The van der Waals surface area contributed by atoms with E-state index in [4.69, 9.17) is 23.2 Å². The van der Waals surface area contributed by atoms with Gasteiger partial charge in [0.25, 0.3) is 5.91 Å². The van der Waals surface area contributed by atoms with E-state index >= 15 is 0 Å². The van der Waals surface area contributed by atoms with Gasteiger partial charge in [-0.3, -0.25) is 9.69 Å². The molecule has 1 atom stereocenters. The molecule has 35 heavy (non-hydrogen) atoms. The number of carbonyl (C=O) groups excluding carboxylic acids is 1. The number of nitrogens with one attached hydrogen (secondary N) is 2. The van der Waals surface area contributed by atoms with E-state index in [1.807, 2.05) is 52.0 Å². The molecule has 3 aliphatic rings. The Kier molecular flexibility index (Phi) is 6.56. The Labute approximate surface area is 206 Å². The van der Waals surface area contributed by atoms with Gasteiger partial charge in [-0.05, 0) is 45.9 Å². The van der Waals surface area contributed by atoms with Gasteiger partial charge in [0, 0.05) is 31.6 Å². The Bertz CT molecular complexity index is 1050. The fourth-order valence-electron chi connectivity index (χ4n) is 4.38. The Balaban J connectivity index is 1.19. The molecule has 4 heterocycles. The van der Waals surface area contributed by atoms with Crippen molar-refractivity contribution >= 4 is 18.5 Å². The first-order valence-electron chi connectivity index (χ1n) is 12.3. The largest absolute Gasteiger partial charge is 0.498 e. The van der Waals surface area contributed by atoms with E-state index in [9.17, 15) is 4.79 Å². The first-order valence-corrected chi connectivity index (χ1v) is 12.3. The van der Waals surface area contributed by atoms with E-state index in [0.29, 0.717) is 30.4 Å². The molecule has 188 valence electrons. The molecule has 1 aromatic heterocycles. The first kappa shape index (κ1) is 24.2. The van der Waals surface area contributed by atoms with Crippen LogP contribution in [0.25, 0.3) is 0 Å². The van der Waals surface area contributed by atoms with Crippen LogP contribution < -0.4 is 25.6 Å². The summed E-state index contributed by atoms with van der Waals surface area (Å²) in [5.41, 5.74) is -0.146. The Morgan fingerprint density at radius 3 is 2.60 bits per heavy atom. The summed E-state index contributed by atoms with van der Waals surface area (Å²) in [5.74, 6) is 2.04. The summed E-state index contributed by atoms with van der Waals surface area (Å²) < 4.78 is 30.4. The summed E-state index contributed by atoms with van der Waals surface area (Å²) in [7, 11) is -0.566. The van der Waals surface area contributed by atoms with E-state index in [1.165, 1.54) is 0 Å². The third kappa shape index (κ3) is 5.07.